The van der Waals surface area contributed by atoms with Crippen LogP contribution in [0, 0.1) is 5.92 Å². The highest BCUT2D eigenvalue weighted by Gasteiger charge is 2.27. The number of anilines is 1. The number of amides is 1. The van der Waals surface area contributed by atoms with Gasteiger partial charge in [0.2, 0.25) is 5.91 Å². The SMILES string of the molecule is CC1CCCCC1N(C)C(=O)CCOc1ccc(N)cc1. The second-order valence-corrected chi connectivity index (χ2v) is 6.00. The fourth-order valence-corrected chi connectivity index (χ4v) is 3.05. The fraction of sp³-hybridized carbons (Fsp3) is 0.588. The van der Waals surface area contributed by atoms with Crippen molar-refractivity contribution < 1.29 is 9.53 Å². The Labute approximate surface area is 127 Å². The lowest BCUT2D eigenvalue weighted by atomic mass is 9.85. The predicted octanol–water partition coefficient (Wildman–Crippen LogP) is 3.07. The second kappa shape index (κ2) is 7.34. The van der Waals surface area contributed by atoms with Gasteiger partial charge in [-0.05, 0) is 43.0 Å². The van der Waals surface area contributed by atoms with E-state index in [0.29, 0.717) is 30.7 Å². The molecule has 0 radical (unpaired) electrons. The summed E-state index contributed by atoms with van der Waals surface area (Å²) in [6, 6.07) is 7.64. The summed E-state index contributed by atoms with van der Waals surface area (Å²) in [6.07, 6.45) is 5.30. The molecule has 4 heteroatoms. The zero-order valence-electron chi connectivity index (χ0n) is 13.0. The van der Waals surface area contributed by atoms with Crippen LogP contribution in [0.5, 0.6) is 5.75 Å². The Morgan fingerprint density at radius 1 is 1.29 bits per heavy atom. The van der Waals surface area contributed by atoms with Crippen molar-refractivity contribution >= 4 is 11.6 Å². The molecule has 2 N–H and O–H groups in total. The smallest absolute Gasteiger partial charge is 0.225 e. The summed E-state index contributed by atoms with van der Waals surface area (Å²) in [5.41, 5.74) is 6.33. The maximum absolute atomic E-state index is 12.3. The number of hydrogen-bond donors (Lipinski definition) is 1. The van der Waals surface area contributed by atoms with E-state index in [1.807, 2.05) is 24.1 Å². The van der Waals surface area contributed by atoms with E-state index in [-0.39, 0.29) is 5.91 Å². The minimum Gasteiger partial charge on any atom is -0.493 e. The standard InChI is InChI=1S/C17H26N2O2/c1-13-5-3-4-6-16(13)19(2)17(20)11-12-21-15-9-7-14(18)8-10-15/h7-10,13,16H,3-6,11-12,18H2,1-2H3. The first-order valence-electron chi connectivity index (χ1n) is 7.82. The first-order chi connectivity index (χ1) is 10.1. The number of nitrogens with zero attached hydrogens (tertiary/aromatic N) is 1. The largest absolute Gasteiger partial charge is 0.493 e. The van der Waals surface area contributed by atoms with E-state index in [4.69, 9.17) is 10.5 Å². The second-order valence-electron chi connectivity index (χ2n) is 6.00. The number of carbonyl (C=O) groups excluding carboxylic acids is 1. The third-order valence-corrected chi connectivity index (χ3v) is 4.42. The highest BCUT2D eigenvalue weighted by atomic mass is 16.5. The number of rotatable bonds is 5. The van der Waals surface area contributed by atoms with Gasteiger partial charge in [0.15, 0.2) is 0 Å². The van der Waals surface area contributed by atoms with E-state index in [0.717, 1.165) is 12.2 Å². The van der Waals surface area contributed by atoms with Crippen LogP contribution in [0.15, 0.2) is 24.3 Å². The molecule has 4 nitrogen and oxygen atoms in total. The van der Waals surface area contributed by atoms with Crippen molar-refractivity contribution in [3.05, 3.63) is 24.3 Å². The molecule has 1 fully saturated rings. The number of carbonyl (C=O) groups is 1. The molecule has 0 heterocycles. The van der Waals surface area contributed by atoms with Gasteiger partial charge in [-0.2, -0.15) is 0 Å². The summed E-state index contributed by atoms with van der Waals surface area (Å²) in [5.74, 6) is 1.53. The molecule has 116 valence electrons. The highest BCUT2D eigenvalue weighted by Crippen LogP contribution is 2.27. The number of ether oxygens (including phenoxy) is 1. The third-order valence-electron chi connectivity index (χ3n) is 4.42. The monoisotopic (exact) mass is 290 g/mol. The Bertz CT molecular complexity index is 458. The Hall–Kier alpha value is -1.71. The molecular weight excluding hydrogens is 264 g/mol. The van der Waals surface area contributed by atoms with Gasteiger partial charge in [0.1, 0.15) is 5.75 Å². The molecule has 2 rings (SSSR count). The van der Waals surface area contributed by atoms with E-state index < -0.39 is 0 Å². The van der Waals surface area contributed by atoms with Gasteiger partial charge in [0, 0.05) is 18.8 Å². The molecule has 21 heavy (non-hydrogen) atoms. The zero-order chi connectivity index (χ0) is 15.2. The van der Waals surface area contributed by atoms with Gasteiger partial charge < -0.3 is 15.4 Å². The Balaban J connectivity index is 1.77. The van der Waals surface area contributed by atoms with E-state index in [1.165, 1.54) is 19.3 Å². The summed E-state index contributed by atoms with van der Waals surface area (Å²) < 4.78 is 5.59. The van der Waals surface area contributed by atoms with Crippen molar-refractivity contribution in [2.24, 2.45) is 5.92 Å². The molecule has 1 aromatic rings. The summed E-state index contributed by atoms with van der Waals surface area (Å²) in [5, 5.41) is 0. The third kappa shape index (κ3) is 4.38. The molecule has 0 spiro atoms. The Morgan fingerprint density at radius 2 is 1.95 bits per heavy atom. The molecule has 1 aliphatic carbocycles. The summed E-state index contributed by atoms with van der Waals surface area (Å²) in [4.78, 5) is 14.2. The molecule has 0 aromatic heterocycles. The normalized spacial score (nSPS) is 21.8. The Morgan fingerprint density at radius 3 is 2.62 bits per heavy atom. The molecule has 0 aliphatic heterocycles. The van der Waals surface area contributed by atoms with Crippen LogP contribution in [0.4, 0.5) is 5.69 Å². The zero-order valence-corrected chi connectivity index (χ0v) is 13.0. The van der Waals surface area contributed by atoms with Gasteiger partial charge >= 0.3 is 0 Å². The number of hydrogen-bond acceptors (Lipinski definition) is 3. The van der Waals surface area contributed by atoms with E-state index in [2.05, 4.69) is 6.92 Å². The van der Waals surface area contributed by atoms with Crippen molar-refractivity contribution in [2.45, 2.75) is 45.1 Å². The van der Waals surface area contributed by atoms with Crippen LogP contribution in [0.1, 0.15) is 39.0 Å². The first-order valence-corrected chi connectivity index (χ1v) is 7.82. The van der Waals surface area contributed by atoms with Gasteiger partial charge in [-0.25, -0.2) is 0 Å². The van der Waals surface area contributed by atoms with E-state index in [1.54, 1.807) is 12.1 Å². The predicted molar refractivity (Wildman–Crippen MR) is 85.2 cm³/mol. The van der Waals surface area contributed by atoms with Crippen LogP contribution in [0.3, 0.4) is 0 Å². The van der Waals surface area contributed by atoms with E-state index >= 15 is 0 Å². The molecule has 1 aromatic carbocycles. The van der Waals surface area contributed by atoms with Crippen LogP contribution in [-0.4, -0.2) is 30.5 Å². The highest BCUT2D eigenvalue weighted by molar-refractivity contribution is 5.76. The number of benzene rings is 1. The minimum atomic E-state index is 0.171. The topological polar surface area (TPSA) is 55.6 Å². The Kier molecular flexibility index (Phi) is 5.48. The summed E-state index contributed by atoms with van der Waals surface area (Å²) >= 11 is 0. The minimum absolute atomic E-state index is 0.171. The van der Waals surface area contributed by atoms with E-state index in [9.17, 15) is 4.79 Å². The summed E-state index contributed by atoms with van der Waals surface area (Å²) in [6.45, 7) is 2.66. The lowest BCUT2D eigenvalue weighted by Crippen LogP contribution is -2.43. The lowest BCUT2D eigenvalue weighted by molar-refractivity contribution is -0.134. The van der Waals surface area contributed by atoms with Gasteiger partial charge in [-0.15, -0.1) is 0 Å². The lowest BCUT2D eigenvalue weighted by Gasteiger charge is -2.36. The molecule has 0 bridgehead atoms. The quantitative estimate of drug-likeness (QED) is 0.848. The first kappa shape index (κ1) is 15.7. The molecule has 1 aliphatic rings. The van der Waals surface area contributed by atoms with Gasteiger partial charge in [0.05, 0.1) is 13.0 Å². The molecule has 1 saturated carbocycles. The molecular formula is C17H26N2O2. The molecule has 0 saturated heterocycles. The van der Waals surface area contributed by atoms with Crippen molar-refractivity contribution in [1.29, 1.82) is 0 Å². The van der Waals surface area contributed by atoms with Crippen LogP contribution in [-0.2, 0) is 4.79 Å². The van der Waals surface area contributed by atoms with Crippen LogP contribution < -0.4 is 10.5 Å². The molecule has 1 amide bonds. The van der Waals surface area contributed by atoms with Crippen LogP contribution in [0.2, 0.25) is 0 Å². The van der Waals surface area contributed by atoms with Gasteiger partial charge in [0.25, 0.3) is 0 Å². The van der Waals surface area contributed by atoms with Crippen LogP contribution >= 0.6 is 0 Å². The van der Waals surface area contributed by atoms with Crippen LogP contribution in [0.25, 0.3) is 0 Å². The molecule has 2 unspecified atom stereocenters. The summed E-state index contributed by atoms with van der Waals surface area (Å²) in [7, 11) is 1.93. The van der Waals surface area contributed by atoms with Crippen molar-refractivity contribution in [2.75, 3.05) is 19.4 Å². The van der Waals surface area contributed by atoms with Crippen molar-refractivity contribution in [3.63, 3.8) is 0 Å². The number of nitrogens with two attached hydrogens (primary N) is 1. The average molecular weight is 290 g/mol. The fourth-order valence-electron chi connectivity index (χ4n) is 3.05. The van der Waals surface area contributed by atoms with Gasteiger partial charge in [-0.1, -0.05) is 19.8 Å². The maximum atomic E-state index is 12.3. The van der Waals surface area contributed by atoms with Gasteiger partial charge in [-0.3, -0.25) is 4.79 Å². The van der Waals surface area contributed by atoms with Crippen molar-refractivity contribution in [3.8, 4) is 5.75 Å². The van der Waals surface area contributed by atoms with Crippen molar-refractivity contribution in [1.82, 2.24) is 4.90 Å². The maximum Gasteiger partial charge on any atom is 0.225 e. The number of nitrogen functional groups attached to an aromatic ring is 1. The average Bonchev–Trinajstić information content (AvgIpc) is 2.49. The molecule has 2 atom stereocenters.